The summed E-state index contributed by atoms with van der Waals surface area (Å²) < 4.78 is 54.8. The zero-order chi connectivity index (χ0) is 23.1. The van der Waals surface area contributed by atoms with Gasteiger partial charge >= 0.3 is 10.1 Å². The summed E-state index contributed by atoms with van der Waals surface area (Å²) in [6.45, 7) is 0.713. The molecule has 1 aromatic heterocycles. The van der Waals surface area contributed by atoms with Crippen LogP contribution in [0.25, 0.3) is 0 Å². The van der Waals surface area contributed by atoms with Gasteiger partial charge in [-0.25, -0.2) is 4.39 Å². The van der Waals surface area contributed by atoms with Crippen LogP contribution >= 0.6 is 11.3 Å². The lowest BCUT2D eigenvalue weighted by Crippen LogP contribution is -2.33. The molecule has 0 aliphatic rings. The molecule has 0 saturated carbocycles. The highest BCUT2D eigenvalue weighted by atomic mass is 32.2. The number of halogens is 1. The number of thiophene rings is 1. The Bertz CT molecular complexity index is 1160. The van der Waals surface area contributed by atoms with Gasteiger partial charge in [0, 0.05) is 25.8 Å². The molecule has 32 heavy (non-hydrogen) atoms. The van der Waals surface area contributed by atoms with Crippen molar-refractivity contribution in [2.24, 2.45) is 0 Å². The molecular formula is C22H22FNO6S2. The molecule has 0 fully saturated rings. The van der Waals surface area contributed by atoms with Crippen LogP contribution in [0.5, 0.6) is 11.5 Å². The van der Waals surface area contributed by atoms with Gasteiger partial charge in [0.25, 0.3) is 5.91 Å². The van der Waals surface area contributed by atoms with Crippen molar-refractivity contribution in [2.45, 2.75) is 11.4 Å². The summed E-state index contributed by atoms with van der Waals surface area (Å²) in [6.07, 6.45) is 0. The van der Waals surface area contributed by atoms with Crippen LogP contribution in [0.3, 0.4) is 0 Å². The van der Waals surface area contributed by atoms with Crippen molar-refractivity contribution in [1.82, 2.24) is 4.90 Å². The Hall–Kier alpha value is -2.95. The maximum Gasteiger partial charge on any atom is 0.339 e. The van der Waals surface area contributed by atoms with Crippen LogP contribution in [0.2, 0.25) is 0 Å². The number of amides is 1. The third kappa shape index (κ3) is 5.64. The van der Waals surface area contributed by atoms with Crippen LogP contribution in [-0.4, -0.2) is 46.6 Å². The van der Waals surface area contributed by atoms with Crippen molar-refractivity contribution in [2.75, 3.05) is 27.4 Å². The molecule has 170 valence electrons. The second-order valence-electron chi connectivity index (χ2n) is 6.64. The minimum Gasteiger partial charge on any atom is -0.494 e. The van der Waals surface area contributed by atoms with Crippen LogP contribution in [0.1, 0.15) is 15.2 Å². The molecule has 0 aliphatic carbocycles. The van der Waals surface area contributed by atoms with Gasteiger partial charge in [0.1, 0.15) is 10.6 Å². The highest BCUT2D eigenvalue weighted by Crippen LogP contribution is 2.27. The van der Waals surface area contributed by atoms with E-state index >= 15 is 0 Å². The normalized spacial score (nSPS) is 11.2. The summed E-state index contributed by atoms with van der Waals surface area (Å²) in [7, 11) is -1.50. The predicted molar refractivity (Wildman–Crippen MR) is 118 cm³/mol. The van der Waals surface area contributed by atoms with Gasteiger partial charge in [0.15, 0.2) is 11.6 Å². The third-order valence-electron chi connectivity index (χ3n) is 4.53. The maximum atomic E-state index is 14.0. The fourth-order valence-corrected chi connectivity index (χ4v) is 4.57. The van der Waals surface area contributed by atoms with E-state index in [4.69, 9.17) is 13.7 Å². The summed E-state index contributed by atoms with van der Waals surface area (Å²) in [4.78, 5) is 14.7. The number of hydrogen-bond donors (Lipinski definition) is 0. The Morgan fingerprint density at radius 3 is 2.50 bits per heavy atom. The molecule has 0 spiro atoms. The lowest BCUT2D eigenvalue weighted by molar-refractivity contribution is 0.0684. The van der Waals surface area contributed by atoms with Gasteiger partial charge in [-0.3, -0.25) is 4.79 Å². The fraction of sp³-hybridized carbons (Fsp3) is 0.227. The Balaban J connectivity index is 1.87. The summed E-state index contributed by atoms with van der Waals surface area (Å²) in [5.41, 5.74) is 0.478. The molecule has 0 N–H and O–H groups in total. The monoisotopic (exact) mass is 479 g/mol. The minimum atomic E-state index is -4.32. The van der Waals surface area contributed by atoms with E-state index in [0.717, 1.165) is 6.07 Å². The van der Waals surface area contributed by atoms with Crippen molar-refractivity contribution < 1.29 is 31.3 Å². The summed E-state index contributed by atoms with van der Waals surface area (Å²) >= 11 is 1.31. The predicted octanol–water partition coefficient (Wildman–Crippen LogP) is 3.95. The van der Waals surface area contributed by atoms with Crippen molar-refractivity contribution in [3.63, 3.8) is 0 Å². The van der Waals surface area contributed by atoms with Crippen molar-refractivity contribution >= 4 is 27.4 Å². The average molecular weight is 480 g/mol. The first-order valence-corrected chi connectivity index (χ1v) is 11.8. The molecule has 0 aliphatic heterocycles. The molecule has 0 atom stereocenters. The van der Waals surface area contributed by atoms with Crippen LogP contribution in [-0.2, 0) is 21.4 Å². The Kier molecular flexibility index (Phi) is 7.84. The van der Waals surface area contributed by atoms with E-state index in [2.05, 4.69) is 0 Å². The molecule has 1 heterocycles. The number of carbonyl (C=O) groups excluding carboxylic acids is 1. The minimum absolute atomic E-state index is 0.0464. The van der Waals surface area contributed by atoms with E-state index in [1.807, 2.05) is 0 Å². The number of ether oxygens (including phenoxy) is 2. The summed E-state index contributed by atoms with van der Waals surface area (Å²) in [6, 6.07) is 13.2. The number of rotatable bonds is 10. The highest BCUT2D eigenvalue weighted by molar-refractivity contribution is 7.87. The first-order chi connectivity index (χ1) is 15.4. The fourth-order valence-electron chi connectivity index (χ4n) is 2.90. The van der Waals surface area contributed by atoms with Gasteiger partial charge in [-0.05, 0) is 35.7 Å². The first kappa shape index (κ1) is 23.7. The second-order valence-corrected chi connectivity index (χ2v) is 9.13. The number of nitrogens with zero attached hydrogens (tertiary/aromatic N) is 1. The van der Waals surface area contributed by atoms with E-state index in [0.29, 0.717) is 23.6 Å². The van der Waals surface area contributed by atoms with Crippen molar-refractivity contribution in [3.8, 4) is 11.5 Å². The molecule has 2 aromatic carbocycles. The zero-order valence-electron chi connectivity index (χ0n) is 17.5. The second kappa shape index (κ2) is 10.6. The van der Waals surface area contributed by atoms with E-state index in [1.54, 1.807) is 40.6 Å². The largest absolute Gasteiger partial charge is 0.494 e. The van der Waals surface area contributed by atoms with Crippen LogP contribution in [0.15, 0.2) is 64.9 Å². The number of methoxy groups -OCH3 is 2. The van der Waals surface area contributed by atoms with Gasteiger partial charge in [0.2, 0.25) is 0 Å². The SMILES string of the molecule is COCCN(Cc1ccccc1OS(=O)(=O)c1ccc(OC)c(F)c1)C(=O)c1cccs1. The van der Waals surface area contributed by atoms with Gasteiger partial charge in [0.05, 0.1) is 18.6 Å². The standard InChI is InChI=1S/C22H22FNO6S2/c1-28-12-11-24(22(25)21-8-5-13-31-21)15-16-6-3-4-7-19(16)30-32(26,27)17-9-10-20(29-2)18(23)14-17/h3-10,13-14H,11-12,15H2,1-2H3. The van der Waals surface area contributed by atoms with Crippen molar-refractivity contribution in [1.29, 1.82) is 0 Å². The average Bonchev–Trinajstić information content (AvgIpc) is 3.32. The molecule has 7 nitrogen and oxygen atoms in total. The lowest BCUT2D eigenvalue weighted by Gasteiger charge is -2.23. The van der Waals surface area contributed by atoms with E-state index in [1.165, 1.54) is 43.8 Å². The van der Waals surface area contributed by atoms with Gasteiger partial charge < -0.3 is 18.6 Å². The molecule has 10 heteroatoms. The maximum absolute atomic E-state index is 14.0. The van der Waals surface area contributed by atoms with E-state index < -0.39 is 15.9 Å². The smallest absolute Gasteiger partial charge is 0.339 e. The summed E-state index contributed by atoms with van der Waals surface area (Å²) in [5, 5.41) is 1.80. The van der Waals surface area contributed by atoms with Gasteiger partial charge in [-0.2, -0.15) is 8.42 Å². The Morgan fingerprint density at radius 2 is 1.84 bits per heavy atom. The molecular weight excluding hydrogens is 457 g/mol. The number of para-hydroxylation sites is 1. The Labute approximate surface area is 190 Å². The van der Waals surface area contributed by atoms with Crippen LogP contribution < -0.4 is 8.92 Å². The Morgan fingerprint density at radius 1 is 1.06 bits per heavy atom. The first-order valence-electron chi connectivity index (χ1n) is 9.53. The van der Waals surface area contributed by atoms with Gasteiger partial charge in [-0.1, -0.05) is 24.3 Å². The molecule has 3 aromatic rings. The number of hydrogen-bond acceptors (Lipinski definition) is 7. The van der Waals surface area contributed by atoms with E-state index in [9.17, 15) is 17.6 Å². The van der Waals surface area contributed by atoms with Crippen molar-refractivity contribution in [3.05, 3.63) is 76.2 Å². The third-order valence-corrected chi connectivity index (χ3v) is 6.62. The molecule has 3 rings (SSSR count). The van der Waals surface area contributed by atoms with Crippen LogP contribution in [0, 0.1) is 5.82 Å². The van der Waals surface area contributed by atoms with Crippen LogP contribution in [0.4, 0.5) is 4.39 Å². The molecule has 0 bridgehead atoms. The highest BCUT2D eigenvalue weighted by Gasteiger charge is 2.23. The molecule has 0 radical (unpaired) electrons. The zero-order valence-corrected chi connectivity index (χ0v) is 19.1. The summed E-state index contributed by atoms with van der Waals surface area (Å²) in [5.74, 6) is -1.06. The number of carbonyl (C=O) groups is 1. The molecule has 0 unspecified atom stereocenters. The topological polar surface area (TPSA) is 82.1 Å². The molecule has 0 saturated heterocycles. The quantitative estimate of drug-likeness (QED) is 0.410. The lowest BCUT2D eigenvalue weighted by atomic mass is 10.2. The van der Waals surface area contributed by atoms with E-state index in [-0.39, 0.29) is 28.8 Å². The molecule has 1 amide bonds. The van der Waals surface area contributed by atoms with Gasteiger partial charge in [-0.15, -0.1) is 11.3 Å². The number of benzene rings is 2.